The van der Waals surface area contributed by atoms with Crippen LogP contribution in [0.15, 0.2) is 66.2 Å². The third-order valence-electron chi connectivity index (χ3n) is 4.10. The average Bonchev–Trinajstić information content (AvgIpc) is 2.46. The molecule has 2 aromatic rings. The van der Waals surface area contributed by atoms with E-state index in [0.29, 0.717) is 6.04 Å². The molecule has 0 unspecified atom stereocenters. The summed E-state index contributed by atoms with van der Waals surface area (Å²) in [6.07, 6.45) is 4.65. The quantitative estimate of drug-likeness (QED) is 0.682. The Hall–Kier alpha value is -2.02. The van der Waals surface area contributed by atoms with Gasteiger partial charge in [0.05, 0.1) is 6.04 Å². The van der Waals surface area contributed by atoms with Gasteiger partial charge in [-0.2, -0.15) is 0 Å². The molecule has 0 saturated heterocycles. The molecular formula is C19H21N. The first kappa shape index (κ1) is 13.0. The summed E-state index contributed by atoms with van der Waals surface area (Å²) in [5, 5.41) is 0. The van der Waals surface area contributed by atoms with Gasteiger partial charge in [0.25, 0.3) is 0 Å². The van der Waals surface area contributed by atoms with Crippen LogP contribution in [0.1, 0.15) is 25.3 Å². The van der Waals surface area contributed by atoms with Crippen LogP contribution in [0.4, 0.5) is 11.4 Å². The number of hydrogen-bond acceptors (Lipinski definition) is 1. The zero-order valence-electron chi connectivity index (χ0n) is 12.2. The first-order chi connectivity index (χ1) is 9.79. The lowest BCUT2D eigenvalue weighted by molar-refractivity contribution is 0.657. The number of para-hydroxylation sites is 1. The van der Waals surface area contributed by atoms with Gasteiger partial charge in [-0.05, 0) is 44.0 Å². The fraction of sp³-hybridized carbons (Fsp3) is 0.263. The standard InChI is InChI=1S/C19H21N/c1-3-16-11-14-19(16)20(17-7-5-4-6-8-17)18-12-9-15(2)10-13-18/h4-13,19H,3,14H2,1-2H3/t19-/m1/s1. The van der Waals surface area contributed by atoms with Gasteiger partial charge < -0.3 is 4.90 Å². The summed E-state index contributed by atoms with van der Waals surface area (Å²) < 4.78 is 0. The SMILES string of the molecule is CCC1=CC[C@H]1N(c1ccccc1)c1ccc(C)cc1. The molecule has 3 rings (SSSR count). The minimum absolute atomic E-state index is 0.519. The Labute approximate surface area is 121 Å². The van der Waals surface area contributed by atoms with E-state index >= 15 is 0 Å². The molecule has 1 atom stereocenters. The summed E-state index contributed by atoms with van der Waals surface area (Å²) in [4.78, 5) is 2.47. The second-order valence-electron chi connectivity index (χ2n) is 5.43. The minimum Gasteiger partial charge on any atom is -0.334 e. The van der Waals surface area contributed by atoms with Crippen molar-refractivity contribution in [2.45, 2.75) is 32.7 Å². The first-order valence-corrected chi connectivity index (χ1v) is 7.39. The molecule has 0 amide bonds. The van der Waals surface area contributed by atoms with E-state index in [-0.39, 0.29) is 0 Å². The van der Waals surface area contributed by atoms with Gasteiger partial charge in [-0.3, -0.25) is 0 Å². The average molecular weight is 263 g/mol. The van der Waals surface area contributed by atoms with Crippen molar-refractivity contribution in [1.29, 1.82) is 0 Å². The van der Waals surface area contributed by atoms with Crippen LogP contribution in [0.3, 0.4) is 0 Å². The summed E-state index contributed by atoms with van der Waals surface area (Å²) >= 11 is 0. The second kappa shape index (κ2) is 5.54. The molecule has 0 N–H and O–H groups in total. The molecular weight excluding hydrogens is 242 g/mol. The maximum atomic E-state index is 2.47. The molecule has 0 fully saturated rings. The third-order valence-corrected chi connectivity index (χ3v) is 4.10. The van der Waals surface area contributed by atoms with E-state index in [1.54, 1.807) is 5.57 Å². The van der Waals surface area contributed by atoms with Crippen LogP contribution in [-0.2, 0) is 0 Å². The Bertz CT molecular complexity index is 595. The van der Waals surface area contributed by atoms with Gasteiger partial charge in [-0.1, -0.05) is 54.5 Å². The van der Waals surface area contributed by atoms with Crippen LogP contribution < -0.4 is 4.90 Å². The van der Waals surface area contributed by atoms with E-state index in [0.717, 1.165) is 12.8 Å². The van der Waals surface area contributed by atoms with Gasteiger partial charge in [-0.15, -0.1) is 0 Å². The number of benzene rings is 2. The van der Waals surface area contributed by atoms with E-state index in [1.807, 2.05) is 0 Å². The second-order valence-corrected chi connectivity index (χ2v) is 5.43. The Morgan fingerprint density at radius 2 is 1.60 bits per heavy atom. The highest BCUT2D eigenvalue weighted by Gasteiger charge is 2.27. The molecule has 0 saturated carbocycles. The van der Waals surface area contributed by atoms with Gasteiger partial charge in [0.1, 0.15) is 0 Å². The van der Waals surface area contributed by atoms with Crippen molar-refractivity contribution in [2.75, 3.05) is 4.90 Å². The molecule has 0 aliphatic heterocycles. The monoisotopic (exact) mass is 263 g/mol. The summed E-state index contributed by atoms with van der Waals surface area (Å²) in [5.74, 6) is 0. The Balaban J connectivity index is 2.00. The molecule has 20 heavy (non-hydrogen) atoms. The van der Waals surface area contributed by atoms with E-state index < -0.39 is 0 Å². The molecule has 0 aromatic heterocycles. The summed E-state index contributed by atoms with van der Waals surface area (Å²) in [5.41, 5.74) is 5.42. The zero-order valence-corrected chi connectivity index (χ0v) is 12.2. The predicted octanol–water partition coefficient (Wildman–Crippen LogP) is 5.24. The Morgan fingerprint density at radius 3 is 2.15 bits per heavy atom. The summed E-state index contributed by atoms with van der Waals surface area (Å²) in [6.45, 7) is 4.38. The molecule has 0 radical (unpaired) electrons. The van der Waals surface area contributed by atoms with Crippen molar-refractivity contribution in [2.24, 2.45) is 0 Å². The highest BCUT2D eigenvalue weighted by atomic mass is 15.2. The van der Waals surface area contributed by atoms with E-state index in [9.17, 15) is 0 Å². The molecule has 102 valence electrons. The lowest BCUT2D eigenvalue weighted by atomic mass is 9.88. The fourth-order valence-corrected chi connectivity index (χ4v) is 2.84. The van der Waals surface area contributed by atoms with Gasteiger partial charge >= 0.3 is 0 Å². The van der Waals surface area contributed by atoms with Crippen LogP contribution in [-0.4, -0.2) is 6.04 Å². The van der Waals surface area contributed by atoms with Gasteiger partial charge in [0.2, 0.25) is 0 Å². The highest BCUT2D eigenvalue weighted by molar-refractivity contribution is 5.66. The van der Waals surface area contributed by atoms with Crippen molar-refractivity contribution in [1.82, 2.24) is 0 Å². The summed E-state index contributed by atoms with van der Waals surface area (Å²) in [6, 6.07) is 20.1. The topological polar surface area (TPSA) is 3.24 Å². The highest BCUT2D eigenvalue weighted by Crippen LogP contribution is 2.37. The van der Waals surface area contributed by atoms with Crippen molar-refractivity contribution in [3.05, 3.63) is 71.8 Å². The number of rotatable bonds is 4. The molecule has 2 aromatic carbocycles. The smallest absolute Gasteiger partial charge is 0.0586 e. The molecule has 1 heteroatoms. The molecule has 1 aliphatic carbocycles. The molecule has 0 heterocycles. The van der Waals surface area contributed by atoms with Crippen LogP contribution >= 0.6 is 0 Å². The van der Waals surface area contributed by atoms with Gasteiger partial charge in [0.15, 0.2) is 0 Å². The normalized spacial score (nSPS) is 17.3. The van der Waals surface area contributed by atoms with Crippen molar-refractivity contribution < 1.29 is 0 Å². The maximum absolute atomic E-state index is 2.47. The van der Waals surface area contributed by atoms with E-state index in [4.69, 9.17) is 0 Å². The Morgan fingerprint density at radius 1 is 0.950 bits per heavy atom. The van der Waals surface area contributed by atoms with Crippen molar-refractivity contribution in [3.8, 4) is 0 Å². The van der Waals surface area contributed by atoms with Crippen molar-refractivity contribution in [3.63, 3.8) is 0 Å². The van der Waals surface area contributed by atoms with Crippen molar-refractivity contribution >= 4 is 11.4 Å². The zero-order chi connectivity index (χ0) is 13.9. The number of hydrogen-bond donors (Lipinski definition) is 0. The van der Waals surface area contributed by atoms with E-state index in [2.05, 4.69) is 79.4 Å². The predicted molar refractivity (Wildman–Crippen MR) is 86.5 cm³/mol. The lowest BCUT2D eigenvalue weighted by Crippen LogP contribution is -2.37. The maximum Gasteiger partial charge on any atom is 0.0586 e. The summed E-state index contributed by atoms with van der Waals surface area (Å²) in [7, 11) is 0. The van der Waals surface area contributed by atoms with Crippen LogP contribution in [0, 0.1) is 6.92 Å². The first-order valence-electron chi connectivity index (χ1n) is 7.39. The number of nitrogens with zero attached hydrogens (tertiary/aromatic N) is 1. The van der Waals surface area contributed by atoms with Gasteiger partial charge in [0, 0.05) is 11.4 Å². The van der Waals surface area contributed by atoms with Crippen LogP contribution in [0.5, 0.6) is 0 Å². The third kappa shape index (κ3) is 2.36. The van der Waals surface area contributed by atoms with Gasteiger partial charge in [-0.25, -0.2) is 0 Å². The largest absolute Gasteiger partial charge is 0.334 e. The molecule has 1 aliphatic rings. The molecule has 1 nitrogen and oxygen atoms in total. The van der Waals surface area contributed by atoms with Crippen LogP contribution in [0.2, 0.25) is 0 Å². The van der Waals surface area contributed by atoms with Crippen LogP contribution in [0.25, 0.3) is 0 Å². The molecule has 0 bridgehead atoms. The molecule has 0 spiro atoms. The Kier molecular flexibility index (Phi) is 3.60. The van der Waals surface area contributed by atoms with E-state index in [1.165, 1.54) is 16.9 Å². The fourth-order valence-electron chi connectivity index (χ4n) is 2.84. The number of anilines is 2. The lowest BCUT2D eigenvalue weighted by Gasteiger charge is -2.39. The number of aryl methyl sites for hydroxylation is 1. The minimum atomic E-state index is 0.519.